The topological polar surface area (TPSA) is 84.3 Å². The summed E-state index contributed by atoms with van der Waals surface area (Å²) in [4.78, 5) is 23.6. The number of halogens is 1. The molecule has 4 heterocycles. The Bertz CT molecular complexity index is 1620. The number of carbonyl (C=O) groups is 1. The number of rotatable bonds is 8. The quantitative estimate of drug-likeness (QED) is 0.247. The number of anilines is 2. The molecule has 1 atom stereocenters. The molecule has 1 saturated heterocycles. The van der Waals surface area contributed by atoms with E-state index in [0.717, 1.165) is 46.6 Å². The van der Waals surface area contributed by atoms with E-state index in [4.69, 9.17) is 16.3 Å². The molecule has 3 aromatic heterocycles. The number of likely N-dealkylation sites (N-methyl/N-ethyl adjacent to an activating group) is 1. The highest BCUT2D eigenvalue weighted by Crippen LogP contribution is 2.35. The Morgan fingerprint density at radius 1 is 1.18 bits per heavy atom. The number of ether oxygens (including phenoxy) is 1. The molecule has 0 aliphatic carbocycles. The molecular formula is C28H27ClN6O2S. The van der Waals surface area contributed by atoms with Crippen molar-refractivity contribution in [3.63, 3.8) is 0 Å². The predicted molar refractivity (Wildman–Crippen MR) is 153 cm³/mol. The van der Waals surface area contributed by atoms with E-state index in [1.54, 1.807) is 11.3 Å². The molecule has 38 heavy (non-hydrogen) atoms. The number of nitrogens with zero attached hydrogens (tertiary/aromatic N) is 4. The van der Waals surface area contributed by atoms with Crippen molar-refractivity contribution in [1.29, 1.82) is 0 Å². The highest BCUT2D eigenvalue weighted by atomic mass is 35.5. The summed E-state index contributed by atoms with van der Waals surface area (Å²) in [6.45, 7) is 2.10. The standard InChI is InChI=1S/C28H27ClN6O2S/c1-34-11-2-3-23(34)28(36)30-10-13-35-12-8-22-26(35)27(32-17-31-22)33-19-5-7-24(21(29)15-19)37-20-6-4-18-9-14-38-25(18)16-20/h4-9,12,14-17,23H,2-3,10-11,13H2,1H3,(H,30,36)(H,31,32,33)/t23-/m0/s1. The lowest BCUT2D eigenvalue weighted by atomic mass is 10.2. The molecule has 1 fully saturated rings. The summed E-state index contributed by atoms with van der Waals surface area (Å²) < 4.78 is 9.27. The number of benzene rings is 2. The van der Waals surface area contributed by atoms with Crippen molar-refractivity contribution in [3.05, 3.63) is 71.5 Å². The number of hydrogen-bond donors (Lipinski definition) is 2. The van der Waals surface area contributed by atoms with Crippen LogP contribution in [0.25, 0.3) is 21.1 Å². The summed E-state index contributed by atoms with van der Waals surface area (Å²) in [5.41, 5.74) is 2.46. The molecule has 8 nitrogen and oxygen atoms in total. The van der Waals surface area contributed by atoms with Gasteiger partial charge in [-0.3, -0.25) is 9.69 Å². The molecule has 0 unspecified atom stereocenters. The van der Waals surface area contributed by atoms with Gasteiger partial charge in [-0.2, -0.15) is 0 Å². The van der Waals surface area contributed by atoms with E-state index in [0.29, 0.717) is 29.7 Å². The zero-order valence-electron chi connectivity index (χ0n) is 20.9. The maximum atomic E-state index is 12.6. The highest BCUT2D eigenvalue weighted by Gasteiger charge is 2.27. The Hall–Kier alpha value is -3.66. The molecule has 0 spiro atoms. The molecule has 2 aromatic carbocycles. The van der Waals surface area contributed by atoms with Gasteiger partial charge in [0, 0.05) is 29.7 Å². The second-order valence-electron chi connectivity index (χ2n) is 9.39. The van der Waals surface area contributed by atoms with E-state index < -0.39 is 0 Å². The predicted octanol–water partition coefficient (Wildman–Crippen LogP) is 6.05. The van der Waals surface area contributed by atoms with Crippen molar-refractivity contribution in [1.82, 2.24) is 24.8 Å². The minimum absolute atomic E-state index is 0.0349. The van der Waals surface area contributed by atoms with Gasteiger partial charge in [-0.05, 0) is 85.7 Å². The molecule has 6 rings (SSSR count). The zero-order chi connectivity index (χ0) is 26.1. The van der Waals surface area contributed by atoms with E-state index in [1.165, 1.54) is 11.7 Å². The van der Waals surface area contributed by atoms with Crippen LogP contribution in [0.5, 0.6) is 11.5 Å². The number of nitrogens with one attached hydrogen (secondary N) is 2. The molecule has 0 bridgehead atoms. The van der Waals surface area contributed by atoms with Gasteiger partial charge in [-0.25, -0.2) is 9.97 Å². The van der Waals surface area contributed by atoms with Crippen LogP contribution in [-0.4, -0.2) is 51.5 Å². The van der Waals surface area contributed by atoms with Crippen LogP contribution in [0.3, 0.4) is 0 Å². The van der Waals surface area contributed by atoms with Gasteiger partial charge < -0.3 is 19.9 Å². The number of hydrogen-bond acceptors (Lipinski definition) is 7. The second kappa shape index (κ2) is 10.6. The summed E-state index contributed by atoms with van der Waals surface area (Å²) in [7, 11) is 2.00. The summed E-state index contributed by atoms with van der Waals surface area (Å²) in [5.74, 6) is 2.07. The smallest absolute Gasteiger partial charge is 0.237 e. The summed E-state index contributed by atoms with van der Waals surface area (Å²) in [6, 6.07) is 15.6. The van der Waals surface area contributed by atoms with Crippen molar-refractivity contribution in [2.75, 3.05) is 25.5 Å². The van der Waals surface area contributed by atoms with Crippen LogP contribution in [0.1, 0.15) is 12.8 Å². The Labute approximate surface area is 229 Å². The first-order valence-electron chi connectivity index (χ1n) is 12.5. The maximum absolute atomic E-state index is 12.6. The van der Waals surface area contributed by atoms with Gasteiger partial charge in [-0.15, -0.1) is 11.3 Å². The van der Waals surface area contributed by atoms with Crippen LogP contribution in [0, 0.1) is 0 Å². The van der Waals surface area contributed by atoms with Crippen LogP contribution in [0.2, 0.25) is 5.02 Å². The van der Waals surface area contributed by atoms with Crippen molar-refractivity contribution < 1.29 is 9.53 Å². The molecule has 1 aliphatic rings. The fourth-order valence-electron chi connectivity index (χ4n) is 4.89. The van der Waals surface area contributed by atoms with Gasteiger partial charge in [0.1, 0.15) is 23.3 Å². The average molecular weight is 547 g/mol. The normalized spacial score (nSPS) is 15.8. The number of amides is 1. The summed E-state index contributed by atoms with van der Waals surface area (Å²) >= 11 is 8.26. The average Bonchev–Trinajstić information content (AvgIpc) is 3.66. The third kappa shape index (κ3) is 5.05. The van der Waals surface area contributed by atoms with E-state index in [1.807, 2.05) is 55.7 Å². The van der Waals surface area contributed by atoms with Crippen LogP contribution in [0.15, 0.2) is 66.4 Å². The molecule has 0 saturated carbocycles. The molecule has 1 aliphatic heterocycles. The van der Waals surface area contributed by atoms with Gasteiger partial charge in [0.05, 0.1) is 16.6 Å². The van der Waals surface area contributed by atoms with Gasteiger partial charge in [0.25, 0.3) is 0 Å². The SMILES string of the molecule is CN1CCC[C@H]1C(=O)NCCn1ccc2ncnc(Nc3ccc(Oc4ccc5ccsc5c4)c(Cl)c3)c21. The van der Waals surface area contributed by atoms with Gasteiger partial charge in [0.15, 0.2) is 5.82 Å². The fraction of sp³-hybridized carbons (Fsp3) is 0.250. The summed E-state index contributed by atoms with van der Waals surface area (Å²) in [5, 5.41) is 10.2. The first-order valence-corrected chi connectivity index (χ1v) is 13.8. The van der Waals surface area contributed by atoms with E-state index in [-0.39, 0.29) is 11.9 Å². The number of aromatic nitrogens is 3. The molecule has 0 radical (unpaired) electrons. The van der Waals surface area contributed by atoms with Crippen LogP contribution in [-0.2, 0) is 11.3 Å². The van der Waals surface area contributed by atoms with Gasteiger partial charge in [0.2, 0.25) is 5.91 Å². The Balaban J connectivity index is 1.15. The van der Waals surface area contributed by atoms with E-state index >= 15 is 0 Å². The summed E-state index contributed by atoms with van der Waals surface area (Å²) in [6.07, 6.45) is 5.47. The Morgan fingerprint density at radius 3 is 2.95 bits per heavy atom. The largest absolute Gasteiger partial charge is 0.456 e. The number of carbonyl (C=O) groups excluding carboxylic acids is 1. The molecule has 10 heteroatoms. The highest BCUT2D eigenvalue weighted by molar-refractivity contribution is 7.17. The third-order valence-corrected chi connectivity index (χ3v) is 8.05. The van der Waals surface area contributed by atoms with E-state index in [2.05, 4.69) is 41.5 Å². The van der Waals surface area contributed by atoms with E-state index in [9.17, 15) is 4.79 Å². The zero-order valence-corrected chi connectivity index (χ0v) is 22.4. The van der Waals surface area contributed by atoms with Crippen LogP contribution in [0.4, 0.5) is 11.5 Å². The molecule has 1 amide bonds. The lowest BCUT2D eigenvalue weighted by molar-refractivity contribution is -0.125. The first-order chi connectivity index (χ1) is 18.5. The molecule has 194 valence electrons. The molecule has 5 aromatic rings. The lowest BCUT2D eigenvalue weighted by Gasteiger charge is -2.19. The van der Waals surface area contributed by atoms with Crippen LogP contribution >= 0.6 is 22.9 Å². The molecular weight excluding hydrogens is 520 g/mol. The second-order valence-corrected chi connectivity index (χ2v) is 10.7. The first kappa shape index (κ1) is 24.7. The number of thiophene rings is 1. The fourth-order valence-corrected chi connectivity index (χ4v) is 5.93. The Kier molecular flexibility index (Phi) is 6.88. The lowest BCUT2D eigenvalue weighted by Crippen LogP contribution is -2.42. The minimum Gasteiger partial charge on any atom is -0.456 e. The van der Waals surface area contributed by atoms with Crippen molar-refractivity contribution in [3.8, 4) is 11.5 Å². The van der Waals surface area contributed by atoms with Crippen molar-refractivity contribution in [2.45, 2.75) is 25.4 Å². The monoisotopic (exact) mass is 546 g/mol. The number of fused-ring (bicyclic) bond motifs is 2. The van der Waals surface area contributed by atoms with Gasteiger partial charge in [-0.1, -0.05) is 11.6 Å². The van der Waals surface area contributed by atoms with Gasteiger partial charge >= 0.3 is 0 Å². The van der Waals surface area contributed by atoms with Crippen molar-refractivity contribution >= 4 is 61.5 Å². The van der Waals surface area contributed by atoms with Crippen LogP contribution < -0.4 is 15.4 Å². The maximum Gasteiger partial charge on any atom is 0.237 e. The molecule has 2 N–H and O–H groups in total. The minimum atomic E-state index is -0.0349. The van der Waals surface area contributed by atoms with Crippen molar-refractivity contribution in [2.24, 2.45) is 0 Å². The number of likely N-dealkylation sites (tertiary alicyclic amines) is 1. The Morgan fingerprint density at radius 2 is 2.11 bits per heavy atom. The third-order valence-electron chi connectivity index (χ3n) is 6.88.